The van der Waals surface area contributed by atoms with Crippen LogP contribution in [-0.2, 0) is 0 Å². The first-order chi connectivity index (χ1) is 6.29. The number of aliphatic hydroxyl groups excluding tert-OH is 1. The van der Waals surface area contributed by atoms with Gasteiger partial charge in [0.15, 0.2) is 0 Å². The number of rotatable bonds is 1. The van der Waals surface area contributed by atoms with Crippen LogP contribution in [0.2, 0.25) is 0 Å². The van der Waals surface area contributed by atoms with E-state index >= 15 is 0 Å². The van der Waals surface area contributed by atoms with E-state index in [1.807, 2.05) is 0 Å². The summed E-state index contributed by atoms with van der Waals surface area (Å²) in [6, 6.07) is -0.0833. The van der Waals surface area contributed by atoms with Crippen molar-refractivity contribution in [1.29, 1.82) is 0 Å². The Bertz CT molecular complexity index is 330. The van der Waals surface area contributed by atoms with Crippen LogP contribution in [0, 0.1) is 0 Å². The lowest BCUT2D eigenvalue weighted by Crippen LogP contribution is -2.32. The minimum Gasteiger partial charge on any atom is -0.391 e. The van der Waals surface area contributed by atoms with E-state index in [1.165, 1.54) is 10.9 Å². The summed E-state index contributed by atoms with van der Waals surface area (Å²) in [6.45, 7) is 0. The van der Waals surface area contributed by atoms with E-state index in [2.05, 4.69) is 10.2 Å². The molecular weight excluding hydrogens is 170 g/mol. The lowest BCUT2D eigenvalue weighted by molar-refractivity contribution is 0.0738. The largest absolute Gasteiger partial charge is 0.391 e. The zero-order chi connectivity index (χ0) is 9.26. The number of nitrogens with one attached hydrogen (secondary N) is 1. The highest BCUT2D eigenvalue weighted by atomic mass is 16.3. The van der Waals surface area contributed by atoms with E-state index in [-0.39, 0.29) is 11.7 Å². The topological polar surface area (TPSA) is 70.9 Å². The van der Waals surface area contributed by atoms with Crippen molar-refractivity contribution in [3.63, 3.8) is 0 Å². The van der Waals surface area contributed by atoms with Gasteiger partial charge in [-0.25, -0.2) is 9.89 Å². The van der Waals surface area contributed by atoms with Gasteiger partial charge in [-0.1, -0.05) is 12.8 Å². The fourth-order valence-electron chi connectivity index (χ4n) is 1.91. The molecule has 1 aliphatic rings. The van der Waals surface area contributed by atoms with E-state index in [0.717, 1.165) is 25.7 Å². The zero-order valence-electron chi connectivity index (χ0n) is 7.31. The second kappa shape index (κ2) is 3.33. The van der Waals surface area contributed by atoms with E-state index < -0.39 is 6.10 Å². The molecule has 0 amide bonds. The summed E-state index contributed by atoms with van der Waals surface area (Å²) in [5, 5.41) is 15.6. The SMILES string of the molecule is O=c1[nH]ncn1C1CCCCC1O. The highest BCUT2D eigenvalue weighted by Gasteiger charge is 2.25. The maximum Gasteiger partial charge on any atom is 0.343 e. The molecule has 1 aliphatic carbocycles. The quantitative estimate of drug-likeness (QED) is 0.646. The Morgan fingerprint density at radius 3 is 2.92 bits per heavy atom. The minimum atomic E-state index is -0.399. The summed E-state index contributed by atoms with van der Waals surface area (Å²) < 4.78 is 1.49. The van der Waals surface area contributed by atoms with E-state index in [1.54, 1.807) is 0 Å². The first-order valence-corrected chi connectivity index (χ1v) is 4.58. The monoisotopic (exact) mass is 183 g/mol. The normalized spacial score (nSPS) is 29.0. The van der Waals surface area contributed by atoms with Crippen LogP contribution in [0.5, 0.6) is 0 Å². The van der Waals surface area contributed by atoms with Gasteiger partial charge >= 0.3 is 5.69 Å². The zero-order valence-corrected chi connectivity index (χ0v) is 7.31. The number of aromatic nitrogens is 3. The van der Waals surface area contributed by atoms with E-state index in [9.17, 15) is 9.90 Å². The smallest absolute Gasteiger partial charge is 0.343 e. The predicted octanol–water partition coefficient (Wildman–Crippen LogP) is 0.0474. The van der Waals surface area contributed by atoms with Crippen molar-refractivity contribution in [2.75, 3.05) is 0 Å². The summed E-state index contributed by atoms with van der Waals surface area (Å²) in [6.07, 6.45) is 4.82. The standard InChI is InChI=1S/C8H13N3O2/c12-7-4-2-1-3-6(7)11-5-9-10-8(11)13/h5-7,12H,1-4H2,(H,10,13). The van der Waals surface area contributed by atoms with Crippen molar-refractivity contribution in [1.82, 2.24) is 14.8 Å². The number of aliphatic hydroxyl groups is 1. The number of nitrogens with zero attached hydrogens (tertiary/aromatic N) is 2. The summed E-state index contributed by atoms with van der Waals surface area (Å²) >= 11 is 0. The van der Waals surface area contributed by atoms with Crippen LogP contribution in [-0.4, -0.2) is 26.0 Å². The van der Waals surface area contributed by atoms with Crippen LogP contribution in [0.1, 0.15) is 31.7 Å². The maximum absolute atomic E-state index is 11.2. The molecule has 2 atom stereocenters. The van der Waals surface area contributed by atoms with Crippen LogP contribution in [0.25, 0.3) is 0 Å². The van der Waals surface area contributed by atoms with E-state index in [0.29, 0.717) is 0 Å². The molecule has 1 heterocycles. The van der Waals surface area contributed by atoms with Crippen LogP contribution < -0.4 is 5.69 Å². The fraction of sp³-hybridized carbons (Fsp3) is 0.750. The molecular formula is C8H13N3O2. The first kappa shape index (κ1) is 8.50. The van der Waals surface area contributed by atoms with Crippen molar-refractivity contribution in [2.24, 2.45) is 0 Å². The Morgan fingerprint density at radius 1 is 1.54 bits per heavy atom. The molecule has 1 aromatic heterocycles. The number of hydrogen-bond donors (Lipinski definition) is 2. The van der Waals surface area contributed by atoms with Gasteiger partial charge in [0.2, 0.25) is 0 Å². The van der Waals surface area contributed by atoms with Gasteiger partial charge in [0.05, 0.1) is 12.1 Å². The molecule has 2 N–H and O–H groups in total. The van der Waals surface area contributed by atoms with Gasteiger partial charge in [-0.05, 0) is 12.8 Å². The van der Waals surface area contributed by atoms with Crippen LogP contribution in [0.3, 0.4) is 0 Å². The molecule has 1 saturated carbocycles. The molecule has 13 heavy (non-hydrogen) atoms. The van der Waals surface area contributed by atoms with Crippen molar-refractivity contribution in [3.8, 4) is 0 Å². The van der Waals surface area contributed by atoms with Gasteiger partial charge < -0.3 is 5.11 Å². The fourth-order valence-corrected chi connectivity index (χ4v) is 1.91. The number of hydrogen-bond acceptors (Lipinski definition) is 3. The molecule has 1 aromatic rings. The van der Waals surface area contributed by atoms with Crippen LogP contribution in [0.15, 0.2) is 11.1 Å². The van der Waals surface area contributed by atoms with Gasteiger partial charge in [-0.15, -0.1) is 0 Å². The second-order valence-corrected chi connectivity index (χ2v) is 3.49. The molecule has 2 rings (SSSR count). The Balaban J connectivity index is 2.24. The highest BCUT2D eigenvalue weighted by molar-refractivity contribution is 4.82. The third-order valence-electron chi connectivity index (χ3n) is 2.63. The maximum atomic E-state index is 11.2. The van der Waals surface area contributed by atoms with Gasteiger partial charge in [-0.3, -0.25) is 4.57 Å². The molecule has 0 bridgehead atoms. The number of aromatic amines is 1. The molecule has 5 heteroatoms. The Hall–Kier alpha value is -1.10. The lowest BCUT2D eigenvalue weighted by atomic mass is 9.92. The van der Waals surface area contributed by atoms with Gasteiger partial charge in [0, 0.05) is 0 Å². The minimum absolute atomic E-state index is 0.0833. The molecule has 5 nitrogen and oxygen atoms in total. The van der Waals surface area contributed by atoms with Gasteiger partial charge in [0.25, 0.3) is 0 Å². The van der Waals surface area contributed by atoms with Crippen LogP contribution >= 0.6 is 0 Å². The van der Waals surface area contributed by atoms with E-state index in [4.69, 9.17) is 0 Å². The summed E-state index contributed by atoms with van der Waals surface area (Å²) in [7, 11) is 0. The van der Waals surface area contributed by atoms with Crippen molar-refractivity contribution in [3.05, 3.63) is 16.8 Å². The molecule has 0 saturated heterocycles. The van der Waals surface area contributed by atoms with Gasteiger partial charge in [-0.2, -0.15) is 5.10 Å². The van der Waals surface area contributed by atoms with Crippen molar-refractivity contribution >= 4 is 0 Å². The molecule has 1 fully saturated rings. The molecule has 0 aromatic carbocycles. The molecule has 0 spiro atoms. The lowest BCUT2D eigenvalue weighted by Gasteiger charge is -2.27. The predicted molar refractivity (Wildman–Crippen MR) is 46.4 cm³/mol. The van der Waals surface area contributed by atoms with Crippen molar-refractivity contribution in [2.45, 2.75) is 37.8 Å². The van der Waals surface area contributed by atoms with Crippen LogP contribution in [0.4, 0.5) is 0 Å². The Morgan fingerprint density at radius 2 is 2.31 bits per heavy atom. The Kier molecular flexibility index (Phi) is 2.18. The average molecular weight is 183 g/mol. The average Bonchev–Trinajstić information content (AvgIpc) is 2.52. The van der Waals surface area contributed by atoms with Gasteiger partial charge in [0.1, 0.15) is 6.33 Å². The molecule has 72 valence electrons. The van der Waals surface area contributed by atoms with Crippen molar-refractivity contribution < 1.29 is 5.11 Å². The first-order valence-electron chi connectivity index (χ1n) is 4.58. The third-order valence-corrected chi connectivity index (χ3v) is 2.63. The molecule has 0 radical (unpaired) electrons. The summed E-state index contributed by atoms with van der Waals surface area (Å²) in [4.78, 5) is 11.2. The molecule has 2 unspecified atom stereocenters. The summed E-state index contributed by atoms with van der Waals surface area (Å²) in [5.74, 6) is 0. The third kappa shape index (κ3) is 1.51. The Labute approximate surface area is 75.4 Å². The highest BCUT2D eigenvalue weighted by Crippen LogP contribution is 2.26. The molecule has 0 aliphatic heterocycles. The second-order valence-electron chi connectivity index (χ2n) is 3.49. The summed E-state index contributed by atoms with van der Waals surface area (Å²) in [5.41, 5.74) is -0.231. The number of H-pyrrole nitrogens is 1.